The number of ether oxygens (including phenoxy) is 2. The van der Waals surface area contributed by atoms with E-state index in [-0.39, 0.29) is 17.8 Å². The minimum Gasteiger partial charge on any atom is -0.497 e. The first-order valence-corrected chi connectivity index (χ1v) is 10.3. The molecule has 2 heterocycles. The number of hydrogen-bond donors (Lipinski definition) is 1. The highest BCUT2D eigenvalue weighted by molar-refractivity contribution is 7.15. The predicted molar refractivity (Wildman–Crippen MR) is 110 cm³/mol. The summed E-state index contributed by atoms with van der Waals surface area (Å²) in [6.45, 7) is 6.41. The number of nitrogens with zero attached hydrogens (tertiary/aromatic N) is 1. The first-order valence-electron chi connectivity index (χ1n) is 9.45. The van der Waals surface area contributed by atoms with E-state index in [1.165, 1.54) is 18.3 Å². The zero-order valence-electron chi connectivity index (χ0n) is 16.5. The van der Waals surface area contributed by atoms with Crippen LogP contribution in [0, 0.1) is 0 Å². The fourth-order valence-electron chi connectivity index (χ4n) is 3.18. The van der Waals surface area contributed by atoms with Gasteiger partial charge in [-0.25, -0.2) is 0 Å². The van der Waals surface area contributed by atoms with Crippen molar-refractivity contribution >= 4 is 23.0 Å². The van der Waals surface area contributed by atoms with Gasteiger partial charge < -0.3 is 14.8 Å². The quantitative estimate of drug-likeness (QED) is 0.720. The molecule has 0 bridgehead atoms. The molecule has 28 heavy (non-hydrogen) atoms. The number of thiophene rings is 1. The highest BCUT2D eigenvalue weighted by Gasteiger charge is 2.22. The van der Waals surface area contributed by atoms with Gasteiger partial charge in [-0.2, -0.15) is 0 Å². The van der Waals surface area contributed by atoms with Gasteiger partial charge in [0.15, 0.2) is 5.78 Å². The van der Waals surface area contributed by atoms with Crippen LogP contribution in [0.1, 0.15) is 45.2 Å². The summed E-state index contributed by atoms with van der Waals surface area (Å²) in [5, 5.41) is 2.95. The Kier molecular flexibility index (Phi) is 6.70. The van der Waals surface area contributed by atoms with Crippen LogP contribution < -0.4 is 14.8 Å². The number of carbonyl (C=O) groups is 2. The van der Waals surface area contributed by atoms with E-state index in [9.17, 15) is 9.59 Å². The summed E-state index contributed by atoms with van der Waals surface area (Å²) in [5.74, 6) is 1.55. The highest BCUT2D eigenvalue weighted by Crippen LogP contribution is 2.29. The lowest BCUT2D eigenvalue weighted by Gasteiger charge is -2.23. The maximum Gasteiger partial charge on any atom is 0.261 e. The molecule has 1 N–H and O–H groups in total. The molecule has 1 aromatic heterocycles. The lowest BCUT2D eigenvalue weighted by atomic mass is 10.2. The Morgan fingerprint density at radius 3 is 2.75 bits per heavy atom. The van der Waals surface area contributed by atoms with Crippen molar-refractivity contribution in [1.82, 2.24) is 10.2 Å². The molecule has 0 spiro atoms. The molecule has 0 fully saturated rings. The Morgan fingerprint density at radius 1 is 1.29 bits per heavy atom. The van der Waals surface area contributed by atoms with Crippen LogP contribution in [0.25, 0.3) is 0 Å². The Balaban J connectivity index is 1.60. The molecule has 3 rings (SSSR count). The van der Waals surface area contributed by atoms with E-state index < -0.39 is 0 Å². The number of methoxy groups -OCH3 is 1. The summed E-state index contributed by atoms with van der Waals surface area (Å²) >= 11 is 1.23. The molecule has 1 aromatic carbocycles. The van der Waals surface area contributed by atoms with E-state index in [0.717, 1.165) is 36.6 Å². The zero-order valence-corrected chi connectivity index (χ0v) is 17.3. The minimum absolute atomic E-state index is 0.0201. The van der Waals surface area contributed by atoms with Crippen molar-refractivity contribution in [2.24, 2.45) is 0 Å². The molecule has 1 aliphatic heterocycles. The van der Waals surface area contributed by atoms with Gasteiger partial charge in [-0.1, -0.05) is 6.92 Å². The normalized spacial score (nSPS) is 16.6. The fraction of sp³-hybridized carbons (Fsp3) is 0.429. The Hall–Kier alpha value is -2.38. The molecular formula is C21H26N2O4S. The smallest absolute Gasteiger partial charge is 0.261 e. The van der Waals surface area contributed by atoms with Crippen LogP contribution in [0.15, 0.2) is 30.3 Å². The van der Waals surface area contributed by atoms with Crippen molar-refractivity contribution in [1.29, 1.82) is 0 Å². The highest BCUT2D eigenvalue weighted by atomic mass is 32.1. The van der Waals surface area contributed by atoms with Gasteiger partial charge in [0.2, 0.25) is 0 Å². The summed E-state index contributed by atoms with van der Waals surface area (Å²) in [6, 6.07) is 9.29. The lowest BCUT2D eigenvalue weighted by molar-refractivity contribution is 0.0946. The van der Waals surface area contributed by atoms with Gasteiger partial charge in [0.05, 0.1) is 16.9 Å². The van der Waals surface area contributed by atoms with Gasteiger partial charge in [0, 0.05) is 31.7 Å². The summed E-state index contributed by atoms with van der Waals surface area (Å²) in [4.78, 5) is 27.2. The molecule has 1 atom stereocenters. The van der Waals surface area contributed by atoms with Gasteiger partial charge in [0.1, 0.15) is 17.6 Å². The average Bonchev–Trinajstić information content (AvgIpc) is 3.12. The third-order valence-corrected chi connectivity index (χ3v) is 5.95. The monoisotopic (exact) mass is 402 g/mol. The van der Waals surface area contributed by atoms with E-state index in [4.69, 9.17) is 9.47 Å². The third kappa shape index (κ3) is 4.91. The Morgan fingerprint density at radius 2 is 2.07 bits per heavy atom. The van der Waals surface area contributed by atoms with E-state index >= 15 is 0 Å². The summed E-state index contributed by atoms with van der Waals surface area (Å²) in [6.07, 6.45) is 1.03. The summed E-state index contributed by atoms with van der Waals surface area (Å²) < 4.78 is 11.5. The summed E-state index contributed by atoms with van der Waals surface area (Å²) in [7, 11) is 1.66. The number of ketones is 1. The van der Waals surface area contributed by atoms with Gasteiger partial charge in [-0.3, -0.25) is 14.5 Å². The van der Waals surface area contributed by atoms with Crippen molar-refractivity contribution in [3.8, 4) is 11.5 Å². The SMILES string of the molecule is CCC1CN(CCNC(=O)c2ccc(C(C)=O)s2)Cc2cc(OC)ccc2O1. The topological polar surface area (TPSA) is 67.9 Å². The molecule has 0 saturated heterocycles. The third-order valence-electron chi connectivity index (χ3n) is 4.76. The van der Waals surface area contributed by atoms with E-state index in [1.807, 2.05) is 18.2 Å². The zero-order chi connectivity index (χ0) is 20.1. The van der Waals surface area contributed by atoms with Crippen molar-refractivity contribution in [2.75, 3.05) is 26.7 Å². The van der Waals surface area contributed by atoms with E-state index in [0.29, 0.717) is 22.8 Å². The lowest BCUT2D eigenvalue weighted by Crippen LogP contribution is -2.38. The Labute approximate surface area is 169 Å². The van der Waals surface area contributed by atoms with Crippen LogP contribution in [-0.4, -0.2) is 49.4 Å². The maximum atomic E-state index is 12.3. The number of fused-ring (bicyclic) bond motifs is 1. The number of nitrogens with one attached hydrogen (secondary N) is 1. The number of benzene rings is 1. The van der Waals surface area contributed by atoms with Crippen molar-refractivity contribution in [3.63, 3.8) is 0 Å². The van der Waals surface area contributed by atoms with Crippen molar-refractivity contribution in [3.05, 3.63) is 45.6 Å². The molecule has 150 valence electrons. The van der Waals surface area contributed by atoms with Gasteiger partial charge in [0.25, 0.3) is 5.91 Å². The predicted octanol–water partition coefficient (Wildman–Crippen LogP) is 3.36. The molecule has 7 heteroatoms. The van der Waals surface area contributed by atoms with Crippen molar-refractivity contribution in [2.45, 2.75) is 32.9 Å². The van der Waals surface area contributed by atoms with E-state index in [2.05, 4.69) is 17.1 Å². The molecule has 2 aromatic rings. The van der Waals surface area contributed by atoms with Crippen LogP contribution >= 0.6 is 11.3 Å². The Bertz CT molecular complexity index is 849. The van der Waals surface area contributed by atoms with E-state index in [1.54, 1.807) is 19.2 Å². The number of hydrogen-bond acceptors (Lipinski definition) is 6. The second-order valence-electron chi connectivity index (χ2n) is 6.83. The molecule has 0 saturated carbocycles. The molecule has 1 aliphatic rings. The molecule has 1 amide bonds. The summed E-state index contributed by atoms with van der Waals surface area (Å²) in [5.41, 5.74) is 1.09. The minimum atomic E-state index is -0.141. The number of carbonyl (C=O) groups excluding carboxylic acids is 2. The van der Waals surface area contributed by atoms with Crippen LogP contribution in [0.3, 0.4) is 0 Å². The average molecular weight is 403 g/mol. The first-order chi connectivity index (χ1) is 13.5. The second kappa shape index (κ2) is 9.21. The maximum absolute atomic E-state index is 12.3. The first kappa shape index (κ1) is 20.4. The van der Waals surface area contributed by atoms with Crippen molar-refractivity contribution < 1.29 is 19.1 Å². The molecule has 1 unspecified atom stereocenters. The van der Waals surface area contributed by atoms with Crippen LogP contribution in [-0.2, 0) is 6.54 Å². The number of rotatable bonds is 7. The molecule has 6 nitrogen and oxygen atoms in total. The molecule has 0 radical (unpaired) electrons. The van der Waals surface area contributed by atoms with Gasteiger partial charge in [-0.15, -0.1) is 11.3 Å². The van der Waals surface area contributed by atoms with Crippen LogP contribution in [0.2, 0.25) is 0 Å². The van der Waals surface area contributed by atoms with Crippen LogP contribution in [0.5, 0.6) is 11.5 Å². The molecule has 0 aliphatic carbocycles. The number of amides is 1. The largest absolute Gasteiger partial charge is 0.497 e. The molecular weight excluding hydrogens is 376 g/mol. The number of Topliss-reactive ketones (excluding diaryl/α,β-unsaturated/α-hetero) is 1. The van der Waals surface area contributed by atoms with Crippen LogP contribution in [0.4, 0.5) is 0 Å². The van der Waals surface area contributed by atoms with Gasteiger partial charge >= 0.3 is 0 Å². The standard InChI is InChI=1S/C21H26N2O4S/c1-4-16-13-23(12-15-11-17(26-3)5-6-18(15)27-16)10-9-22-21(25)20-8-7-19(28-20)14(2)24/h5-8,11,16H,4,9-10,12-13H2,1-3H3,(H,22,25). The van der Waals surface area contributed by atoms with Gasteiger partial charge in [-0.05, 0) is 43.7 Å². The second-order valence-corrected chi connectivity index (χ2v) is 7.92. The fourth-order valence-corrected chi connectivity index (χ4v) is 4.00.